The van der Waals surface area contributed by atoms with E-state index in [1.54, 1.807) is 11.8 Å². The SMILES string of the molecule is CCN(CCCN(C)C)C(CN)c1ccc(SC)cc1. The number of hydrogen-bond acceptors (Lipinski definition) is 4. The van der Waals surface area contributed by atoms with Crippen LogP contribution in [-0.2, 0) is 0 Å². The zero-order valence-electron chi connectivity index (χ0n) is 13.3. The fraction of sp³-hybridized carbons (Fsp3) is 0.625. The molecule has 0 radical (unpaired) electrons. The summed E-state index contributed by atoms with van der Waals surface area (Å²) < 4.78 is 0. The molecule has 1 atom stereocenters. The van der Waals surface area contributed by atoms with Gasteiger partial charge in [0.25, 0.3) is 0 Å². The summed E-state index contributed by atoms with van der Waals surface area (Å²) in [6.07, 6.45) is 3.29. The number of nitrogens with two attached hydrogens (primary N) is 1. The maximum Gasteiger partial charge on any atom is 0.0470 e. The van der Waals surface area contributed by atoms with Gasteiger partial charge in [-0.05, 0) is 57.6 Å². The third-order valence-electron chi connectivity index (χ3n) is 3.62. The van der Waals surface area contributed by atoms with E-state index in [1.165, 1.54) is 16.9 Å². The molecule has 0 saturated carbocycles. The van der Waals surface area contributed by atoms with Gasteiger partial charge in [0.15, 0.2) is 0 Å². The number of likely N-dealkylation sites (N-methyl/N-ethyl adjacent to an activating group) is 1. The Morgan fingerprint density at radius 2 is 1.80 bits per heavy atom. The standard InChI is InChI=1S/C16H29N3S/c1-5-19(12-6-11-18(2)3)16(13-17)14-7-9-15(20-4)10-8-14/h7-10,16H,5-6,11-13,17H2,1-4H3. The number of thioether (sulfide) groups is 1. The molecule has 0 aromatic heterocycles. The lowest BCUT2D eigenvalue weighted by Gasteiger charge is -2.30. The van der Waals surface area contributed by atoms with E-state index >= 15 is 0 Å². The minimum absolute atomic E-state index is 0.332. The normalized spacial score (nSPS) is 13.2. The Morgan fingerprint density at radius 3 is 2.25 bits per heavy atom. The van der Waals surface area contributed by atoms with Crippen LogP contribution in [0.4, 0.5) is 0 Å². The van der Waals surface area contributed by atoms with Crippen molar-refractivity contribution < 1.29 is 0 Å². The molecule has 0 spiro atoms. The van der Waals surface area contributed by atoms with E-state index in [2.05, 4.69) is 61.3 Å². The maximum absolute atomic E-state index is 6.03. The van der Waals surface area contributed by atoms with Crippen LogP contribution in [-0.4, -0.2) is 56.3 Å². The van der Waals surface area contributed by atoms with Crippen LogP contribution < -0.4 is 5.73 Å². The lowest BCUT2D eigenvalue weighted by Crippen LogP contribution is -2.35. The molecule has 20 heavy (non-hydrogen) atoms. The first-order chi connectivity index (χ1) is 9.62. The molecule has 4 heteroatoms. The molecule has 0 saturated heterocycles. The number of nitrogens with zero attached hydrogens (tertiary/aromatic N) is 2. The molecular formula is C16H29N3S. The molecule has 0 aliphatic rings. The molecule has 0 aliphatic heterocycles. The monoisotopic (exact) mass is 295 g/mol. The number of hydrogen-bond donors (Lipinski definition) is 1. The molecule has 1 aromatic rings. The van der Waals surface area contributed by atoms with Gasteiger partial charge < -0.3 is 10.6 Å². The maximum atomic E-state index is 6.03. The van der Waals surface area contributed by atoms with E-state index < -0.39 is 0 Å². The van der Waals surface area contributed by atoms with Gasteiger partial charge in [0.1, 0.15) is 0 Å². The summed E-state index contributed by atoms with van der Waals surface area (Å²) in [6.45, 7) is 6.16. The Labute approximate surface area is 128 Å². The molecule has 0 fully saturated rings. The van der Waals surface area contributed by atoms with E-state index in [0.29, 0.717) is 12.6 Å². The fourth-order valence-corrected chi connectivity index (χ4v) is 2.85. The van der Waals surface area contributed by atoms with Crippen molar-refractivity contribution in [1.29, 1.82) is 0 Å². The Kier molecular flexibility index (Phi) is 8.22. The summed E-state index contributed by atoms with van der Waals surface area (Å²) >= 11 is 1.78. The van der Waals surface area contributed by atoms with E-state index in [9.17, 15) is 0 Å². The first-order valence-corrected chi connectivity index (χ1v) is 8.57. The molecule has 0 heterocycles. The third kappa shape index (κ3) is 5.44. The van der Waals surface area contributed by atoms with Crippen LogP contribution in [0.5, 0.6) is 0 Å². The summed E-state index contributed by atoms with van der Waals surface area (Å²) in [4.78, 5) is 6.02. The molecule has 1 unspecified atom stereocenters. The second kappa shape index (κ2) is 9.40. The zero-order valence-corrected chi connectivity index (χ0v) is 14.1. The van der Waals surface area contributed by atoms with Crippen molar-refractivity contribution in [3.63, 3.8) is 0 Å². The highest BCUT2D eigenvalue weighted by Crippen LogP contribution is 2.23. The first-order valence-electron chi connectivity index (χ1n) is 7.35. The van der Waals surface area contributed by atoms with Crippen molar-refractivity contribution in [3.8, 4) is 0 Å². The molecule has 2 N–H and O–H groups in total. The van der Waals surface area contributed by atoms with Gasteiger partial charge in [0.05, 0.1) is 0 Å². The van der Waals surface area contributed by atoms with Gasteiger partial charge in [-0.2, -0.15) is 0 Å². The van der Waals surface area contributed by atoms with E-state index in [4.69, 9.17) is 5.73 Å². The minimum Gasteiger partial charge on any atom is -0.329 e. The molecule has 0 bridgehead atoms. The highest BCUT2D eigenvalue weighted by atomic mass is 32.2. The molecule has 3 nitrogen and oxygen atoms in total. The van der Waals surface area contributed by atoms with Crippen molar-refractivity contribution in [2.45, 2.75) is 24.3 Å². The smallest absolute Gasteiger partial charge is 0.0470 e. The van der Waals surface area contributed by atoms with Crippen molar-refractivity contribution in [1.82, 2.24) is 9.80 Å². The van der Waals surface area contributed by atoms with E-state index in [1.807, 2.05) is 0 Å². The Hall–Kier alpha value is -0.550. The zero-order chi connectivity index (χ0) is 15.0. The minimum atomic E-state index is 0.332. The van der Waals surface area contributed by atoms with E-state index in [0.717, 1.165) is 19.6 Å². The fourth-order valence-electron chi connectivity index (χ4n) is 2.45. The lowest BCUT2D eigenvalue weighted by molar-refractivity contribution is 0.201. The highest BCUT2D eigenvalue weighted by Gasteiger charge is 2.17. The van der Waals surface area contributed by atoms with E-state index in [-0.39, 0.29) is 0 Å². The second-order valence-corrected chi connectivity index (χ2v) is 6.19. The Balaban J connectivity index is 2.69. The van der Waals surface area contributed by atoms with Crippen LogP contribution in [0.3, 0.4) is 0 Å². The van der Waals surface area contributed by atoms with Gasteiger partial charge in [-0.1, -0.05) is 19.1 Å². The summed E-state index contributed by atoms with van der Waals surface area (Å²) in [5.74, 6) is 0. The largest absolute Gasteiger partial charge is 0.329 e. The average molecular weight is 295 g/mol. The van der Waals surface area contributed by atoms with Gasteiger partial charge in [-0.25, -0.2) is 0 Å². The van der Waals surface area contributed by atoms with Crippen LogP contribution in [0, 0.1) is 0 Å². The quantitative estimate of drug-likeness (QED) is 0.710. The number of rotatable bonds is 9. The number of benzene rings is 1. The molecular weight excluding hydrogens is 266 g/mol. The van der Waals surface area contributed by atoms with Crippen LogP contribution in [0.25, 0.3) is 0 Å². The second-order valence-electron chi connectivity index (χ2n) is 5.31. The molecule has 114 valence electrons. The average Bonchev–Trinajstić information content (AvgIpc) is 2.46. The predicted octanol–water partition coefficient (Wildman–Crippen LogP) is 2.68. The third-order valence-corrected chi connectivity index (χ3v) is 4.37. The van der Waals surface area contributed by atoms with Crippen molar-refractivity contribution in [2.24, 2.45) is 5.73 Å². The van der Waals surface area contributed by atoms with Gasteiger partial charge in [0.2, 0.25) is 0 Å². The highest BCUT2D eigenvalue weighted by molar-refractivity contribution is 7.98. The van der Waals surface area contributed by atoms with Crippen molar-refractivity contribution >= 4 is 11.8 Å². The van der Waals surface area contributed by atoms with Crippen LogP contribution >= 0.6 is 11.8 Å². The summed E-state index contributed by atoms with van der Waals surface area (Å²) in [7, 11) is 4.25. The lowest BCUT2D eigenvalue weighted by atomic mass is 10.1. The molecule has 0 aliphatic carbocycles. The van der Waals surface area contributed by atoms with Crippen molar-refractivity contribution in [3.05, 3.63) is 29.8 Å². The van der Waals surface area contributed by atoms with Gasteiger partial charge in [-0.3, -0.25) is 4.90 Å². The van der Waals surface area contributed by atoms with Crippen LogP contribution in [0.2, 0.25) is 0 Å². The van der Waals surface area contributed by atoms with Crippen LogP contribution in [0.15, 0.2) is 29.2 Å². The van der Waals surface area contributed by atoms with Crippen LogP contribution in [0.1, 0.15) is 24.9 Å². The van der Waals surface area contributed by atoms with Gasteiger partial charge >= 0.3 is 0 Å². The predicted molar refractivity (Wildman–Crippen MR) is 90.4 cm³/mol. The Bertz CT molecular complexity index is 364. The summed E-state index contributed by atoms with van der Waals surface area (Å²) in [5, 5.41) is 0. The Morgan fingerprint density at radius 1 is 1.15 bits per heavy atom. The molecule has 1 rings (SSSR count). The van der Waals surface area contributed by atoms with Gasteiger partial charge in [0, 0.05) is 24.0 Å². The van der Waals surface area contributed by atoms with Crippen molar-refractivity contribution in [2.75, 3.05) is 46.5 Å². The summed E-state index contributed by atoms with van der Waals surface area (Å²) in [5.41, 5.74) is 7.36. The topological polar surface area (TPSA) is 32.5 Å². The van der Waals surface area contributed by atoms with Gasteiger partial charge in [-0.15, -0.1) is 11.8 Å². The molecule has 0 amide bonds. The summed E-state index contributed by atoms with van der Waals surface area (Å²) in [6, 6.07) is 9.15. The first kappa shape index (κ1) is 17.5. The molecule has 1 aromatic carbocycles.